The first-order valence-electron chi connectivity index (χ1n) is 11.6. The highest BCUT2D eigenvalue weighted by atomic mass is 32.2. The van der Waals surface area contributed by atoms with Crippen molar-refractivity contribution in [1.82, 2.24) is 9.55 Å². The number of aromatic carboxylic acids is 1. The van der Waals surface area contributed by atoms with Gasteiger partial charge in [-0.25, -0.2) is 18.4 Å². The number of hydrogen-bond acceptors (Lipinski definition) is 3. The minimum Gasteiger partial charge on any atom is -0.477 e. The molecular weight excluding hydrogens is 469 g/mol. The van der Waals surface area contributed by atoms with Gasteiger partial charge in [0, 0.05) is 23.1 Å². The molecule has 9 heteroatoms. The first kappa shape index (κ1) is 26.6. The Balaban J connectivity index is 2.06. The van der Waals surface area contributed by atoms with Gasteiger partial charge < -0.3 is 9.67 Å². The first-order valence-corrected chi connectivity index (χ1v) is 12.7. The van der Waals surface area contributed by atoms with Gasteiger partial charge in [-0.3, -0.25) is 8.86 Å². The Morgan fingerprint density at radius 1 is 1.17 bits per heavy atom. The molecule has 35 heavy (non-hydrogen) atoms. The van der Waals surface area contributed by atoms with Crippen molar-refractivity contribution < 1.29 is 23.1 Å². The molecule has 0 aliphatic carbocycles. The number of aromatic nitrogens is 2. The van der Waals surface area contributed by atoms with E-state index in [1.807, 2.05) is 34.6 Å². The zero-order chi connectivity index (χ0) is 25.9. The number of carbonyl (C=O) groups is 1. The Morgan fingerprint density at radius 3 is 2.40 bits per heavy atom. The average Bonchev–Trinajstić information content (AvgIpc) is 3.12. The molecule has 3 aromatic rings. The van der Waals surface area contributed by atoms with Crippen LogP contribution in [0.4, 0.5) is 10.1 Å². The summed E-state index contributed by atoms with van der Waals surface area (Å²) in [6, 6.07) is 11.8. The SMILES string of the molecule is CCCc1nc(CC)c(C(=O)O)n1Cc1ccc(-c2ccccc2N(S(=O)O)C(C)(C)C)cc1F. The second kappa shape index (κ2) is 10.7. The molecule has 0 spiro atoms. The third-order valence-corrected chi connectivity index (χ3v) is 6.77. The summed E-state index contributed by atoms with van der Waals surface area (Å²) in [6.07, 6.45) is 1.85. The van der Waals surface area contributed by atoms with Crippen LogP contribution < -0.4 is 4.31 Å². The Labute approximate surface area is 208 Å². The summed E-state index contributed by atoms with van der Waals surface area (Å²) >= 11 is -2.28. The second-order valence-corrected chi connectivity index (χ2v) is 10.2. The lowest BCUT2D eigenvalue weighted by molar-refractivity contribution is 0.0684. The number of carboxylic acids is 1. The predicted octanol–water partition coefficient (Wildman–Crippen LogP) is 5.69. The van der Waals surface area contributed by atoms with E-state index in [-0.39, 0.29) is 12.2 Å². The lowest BCUT2D eigenvalue weighted by Crippen LogP contribution is -2.42. The maximum Gasteiger partial charge on any atom is 0.354 e. The van der Waals surface area contributed by atoms with Crippen molar-refractivity contribution in [2.24, 2.45) is 0 Å². The summed E-state index contributed by atoms with van der Waals surface area (Å²) in [7, 11) is 0. The minimum absolute atomic E-state index is 0.0481. The lowest BCUT2D eigenvalue weighted by atomic mass is 9.99. The molecule has 0 amide bonds. The van der Waals surface area contributed by atoms with E-state index in [9.17, 15) is 18.7 Å². The van der Waals surface area contributed by atoms with Gasteiger partial charge in [-0.1, -0.05) is 44.2 Å². The molecule has 1 aromatic heterocycles. The fourth-order valence-electron chi connectivity index (χ4n) is 4.21. The summed E-state index contributed by atoms with van der Waals surface area (Å²) in [5.41, 5.74) is 1.94. The first-order chi connectivity index (χ1) is 16.5. The largest absolute Gasteiger partial charge is 0.477 e. The van der Waals surface area contributed by atoms with Gasteiger partial charge in [-0.05, 0) is 51.3 Å². The number of anilines is 1. The van der Waals surface area contributed by atoms with Crippen LogP contribution in [-0.4, -0.2) is 34.9 Å². The monoisotopic (exact) mass is 501 g/mol. The molecule has 7 nitrogen and oxygen atoms in total. The highest BCUT2D eigenvalue weighted by Gasteiger charge is 2.29. The van der Waals surface area contributed by atoms with Crippen LogP contribution in [0.3, 0.4) is 0 Å². The molecule has 2 aromatic carbocycles. The van der Waals surface area contributed by atoms with E-state index in [0.29, 0.717) is 46.7 Å². The maximum atomic E-state index is 15.4. The van der Waals surface area contributed by atoms with E-state index < -0.39 is 28.6 Å². The fraction of sp³-hybridized carbons (Fsp3) is 0.385. The Kier molecular flexibility index (Phi) is 8.12. The molecule has 0 saturated carbocycles. The zero-order valence-corrected chi connectivity index (χ0v) is 21.5. The van der Waals surface area contributed by atoms with Gasteiger partial charge in [0.2, 0.25) is 0 Å². The number of aryl methyl sites for hydroxylation is 2. The highest BCUT2D eigenvalue weighted by Crippen LogP contribution is 2.36. The van der Waals surface area contributed by atoms with E-state index in [1.165, 1.54) is 10.4 Å². The summed E-state index contributed by atoms with van der Waals surface area (Å²) in [4.78, 5) is 16.5. The third kappa shape index (κ3) is 5.62. The van der Waals surface area contributed by atoms with Crippen LogP contribution >= 0.6 is 0 Å². The van der Waals surface area contributed by atoms with Gasteiger partial charge in [0.05, 0.1) is 17.9 Å². The molecule has 1 unspecified atom stereocenters. The summed E-state index contributed by atoms with van der Waals surface area (Å²) < 4.78 is 40.5. The van der Waals surface area contributed by atoms with Gasteiger partial charge in [0.15, 0.2) is 5.69 Å². The summed E-state index contributed by atoms with van der Waals surface area (Å²) in [6.45, 7) is 9.36. The second-order valence-electron chi connectivity index (χ2n) is 9.34. The number of imidazole rings is 1. The third-order valence-electron chi connectivity index (χ3n) is 5.71. The number of benzene rings is 2. The van der Waals surface area contributed by atoms with Crippen molar-refractivity contribution in [3.63, 3.8) is 0 Å². The van der Waals surface area contributed by atoms with Crippen LogP contribution in [0.5, 0.6) is 0 Å². The summed E-state index contributed by atoms with van der Waals surface area (Å²) in [5, 5.41) is 9.79. The van der Waals surface area contributed by atoms with E-state index in [1.54, 1.807) is 41.0 Å². The number of carboxylic acid groups (broad SMARTS) is 1. The Morgan fingerprint density at radius 2 is 1.86 bits per heavy atom. The number of para-hydroxylation sites is 1. The van der Waals surface area contributed by atoms with Crippen LogP contribution in [0.1, 0.15) is 68.6 Å². The number of nitrogens with zero attached hydrogens (tertiary/aromatic N) is 3. The molecule has 0 saturated heterocycles. The molecule has 0 aliphatic heterocycles. The van der Waals surface area contributed by atoms with E-state index in [2.05, 4.69) is 4.98 Å². The van der Waals surface area contributed by atoms with Crippen molar-refractivity contribution in [2.45, 2.75) is 66.0 Å². The molecule has 2 N–H and O–H groups in total. The molecule has 0 bridgehead atoms. The van der Waals surface area contributed by atoms with Crippen LogP contribution in [0.15, 0.2) is 42.5 Å². The minimum atomic E-state index is -2.28. The van der Waals surface area contributed by atoms with E-state index in [4.69, 9.17) is 0 Å². The van der Waals surface area contributed by atoms with Gasteiger partial charge in [-0.2, -0.15) is 0 Å². The van der Waals surface area contributed by atoms with Crippen LogP contribution in [0.25, 0.3) is 11.1 Å². The van der Waals surface area contributed by atoms with Crippen molar-refractivity contribution >= 4 is 22.9 Å². The molecule has 0 fully saturated rings. The number of hydrogen-bond donors (Lipinski definition) is 2. The number of halogens is 1. The predicted molar refractivity (Wildman–Crippen MR) is 137 cm³/mol. The van der Waals surface area contributed by atoms with Gasteiger partial charge >= 0.3 is 5.97 Å². The highest BCUT2D eigenvalue weighted by molar-refractivity contribution is 7.80. The molecular formula is C26H32FN3O4S. The van der Waals surface area contributed by atoms with Gasteiger partial charge in [-0.15, -0.1) is 0 Å². The lowest BCUT2D eigenvalue weighted by Gasteiger charge is -2.35. The molecule has 0 radical (unpaired) electrons. The van der Waals surface area contributed by atoms with Gasteiger partial charge in [0.25, 0.3) is 11.3 Å². The van der Waals surface area contributed by atoms with E-state index >= 15 is 4.39 Å². The molecule has 3 rings (SSSR count). The van der Waals surface area contributed by atoms with Gasteiger partial charge in [0.1, 0.15) is 11.6 Å². The van der Waals surface area contributed by atoms with Crippen molar-refractivity contribution in [3.05, 3.63) is 71.1 Å². The molecule has 1 atom stereocenters. The van der Waals surface area contributed by atoms with Crippen molar-refractivity contribution in [2.75, 3.05) is 4.31 Å². The van der Waals surface area contributed by atoms with Crippen LogP contribution in [-0.2, 0) is 30.7 Å². The Bertz CT molecular complexity index is 1250. The normalized spacial score (nSPS) is 12.5. The summed E-state index contributed by atoms with van der Waals surface area (Å²) in [5.74, 6) is -0.945. The number of rotatable bonds is 9. The van der Waals surface area contributed by atoms with Crippen LogP contribution in [0, 0.1) is 5.82 Å². The standard InChI is InChI=1S/C26H32FN3O4S/c1-6-10-23-28-21(7-2)24(25(31)32)29(23)16-18-14-13-17(15-20(18)27)19-11-8-9-12-22(19)30(35(33)34)26(3,4)5/h8-9,11-15H,6-7,10,16H2,1-5H3,(H,31,32)(H,33,34). The smallest absolute Gasteiger partial charge is 0.354 e. The van der Waals surface area contributed by atoms with E-state index in [0.717, 1.165) is 6.42 Å². The molecule has 0 aliphatic rings. The van der Waals surface area contributed by atoms with Crippen molar-refractivity contribution in [3.8, 4) is 11.1 Å². The fourth-order valence-corrected chi connectivity index (χ4v) is 5.01. The Hall–Kier alpha value is -3.04. The zero-order valence-electron chi connectivity index (χ0n) is 20.7. The quantitative estimate of drug-likeness (QED) is 0.367. The molecule has 188 valence electrons. The topological polar surface area (TPSA) is 95.7 Å². The molecule has 1 heterocycles. The average molecular weight is 502 g/mol. The van der Waals surface area contributed by atoms with Crippen LogP contribution in [0.2, 0.25) is 0 Å². The van der Waals surface area contributed by atoms with Crippen molar-refractivity contribution in [1.29, 1.82) is 0 Å². The maximum absolute atomic E-state index is 15.4.